The number of carbonyl (C=O) groups excluding carboxylic acids is 1. The molecule has 1 amide bonds. The number of thiazole rings is 1. The number of halogens is 1. The van der Waals surface area contributed by atoms with Crippen LogP contribution in [-0.4, -0.2) is 19.1 Å². The summed E-state index contributed by atoms with van der Waals surface area (Å²) in [6, 6.07) is 15.4. The molecular formula is C34H49BrN2O3S. The van der Waals surface area contributed by atoms with Crippen LogP contribution in [-0.2, 0) is 11.3 Å². The van der Waals surface area contributed by atoms with E-state index in [4.69, 9.17) is 9.47 Å². The predicted molar refractivity (Wildman–Crippen MR) is 166 cm³/mol. The molecule has 0 saturated carbocycles. The first-order valence-corrected chi connectivity index (χ1v) is 16.3. The molecule has 0 aliphatic heterocycles. The smallest absolute Gasteiger partial charge is 0.262 e. The maximum atomic E-state index is 12.4. The molecule has 0 unspecified atom stereocenters. The van der Waals surface area contributed by atoms with Crippen molar-refractivity contribution in [1.29, 1.82) is 0 Å². The molecule has 0 atom stereocenters. The van der Waals surface area contributed by atoms with Gasteiger partial charge in [0, 0.05) is 17.3 Å². The number of nitrogens with one attached hydrogen (secondary N) is 1. The average molecular weight is 646 g/mol. The fourth-order valence-electron chi connectivity index (χ4n) is 4.74. The van der Waals surface area contributed by atoms with E-state index in [0.717, 1.165) is 24.4 Å². The lowest BCUT2D eigenvalue weighted by Crippen LogP contribution is -3.00. The number of anilines is 1. The number of hydrogen-bond acceptors (Lipinski definition) is 4. The lowest BCUT2D eigenvalue weighted by atomic mass is 10.0. The van der Waals surface area contributed by atoms with Crippen molar-refractivity contribution in [3.05, 3.63) is 71.2 Å². The van der Waals surface area contributed by atoms with E-state index in [1.807, 2.05) is 48.5 Å². The van der Waals surface area contributed by atoms with Gasteiger partial charge in [0.15, 0.2) is 19.3 Å². The molecule has 1 N–H and O–H groups in total. The minimum atomic E-state index is -0.186. The molecule has 0 fully saturated rings. The number of nitrogens with zero attached hydrogens (tertiary/aromatic N) is 1. The topological polar surface area (TPSA) is 51.4 Å². The molecule has 0 aliphatic carbocycles. The third-order valence-electron chi connectivity index (χ3n) is 7.07. The normalized spacial score (nSPS) is 10.7. The van der Waals surface area contributed by atoms with Gasteiger partial charge in [-0.05, 0) is 30.7 Å². The van der Waals surface area contributed by atoms with E-state index in [-0.39, 0.29) is 29.5 Å². The van der Waals surface area contributed by atoms with Gasteiger partial charge in [-0.1, -0.05) is 120 Å². The zero-order chi connectivity index (χ0) is 28.1. The van der Waals surface area contributed by atoms with Crippen LogP contribution in [0, 0.1) is 0 Å². The van der Waals surface area contributed by atoms with Gasteiger partial charge in [-0.2, -0.15) is 4.57 Å². The largest absolute Gasteiger partial charge is 1.00 e. The van der Waals surface area contributed by atoms with Crippen molar-refractivity contribution in [2.24, 2.45) is 0 Å². The highest BCUT2D eigenvalue weighted by Gasteiger charge is 2.07. The van der Waals surface area contributed by atoms with Crippen LogP contribution in [0.4, 0.5) is 5.69 Å². The fraction of sp³-hybridized carbons (Fsp3) is 0.529. The summed E-state index contributed by atoms with van der Waals surface area (Å²) >= 11 is 1.67. The lowest BCUT2D eigenvalue weighted by Gasteiger charge is -2.10. The Kier molecular flexibility index (Phi) is 18.9. The lowest BCUT2D eigenvalue weighted by molar-refractivity contribution is -0.683. The van der Waals surface area contributed by atoms with E-state index in [1.165, 1.54) is 89.0 Å². The van der Waals surface area contributed by atoms with Gasteiger partial charge in [-0.25, -0.2) is 0 Å². The number of aromatic nitrogens is 1. The SMILES string of the molecule is CCCCCCCCCCCCCCCCOc1cccc(OCC(=O)Nc2ccc(C[n+]3ccsc3)cc2)c1.[Br-]. The standard InChI is InChI=1S/C34H48N2O3S.BrH/c1-2-3-4-5-6-7-8-9-10-11-12-13-14-15-24-38-32-17-16-18-33(26-32)39-28-34(37)35-31-21-19-30(20-22-31)27-36-23-25-40-29-36;/h16-23,25-26,29H,2-15,24,27-28H2,1H3;1H. The van der Waals surface area contributed by atoms with Gasteiger partial charge in [0.2, 0.25) is 5.51 Å². The Morgan fingerprint density at radius 3 is 1.95 bits per heavy atom. The van der Waals surface area contributed by atoms with Crippen LogP contribution >= 0.6 is 11.3 Å². The van der Waals surface area contributed by atoms with Crippen LogP contribution in [0.25, 0.3) is 0 Å². The van der Waals surface area contributed by atoms with Gasteiger partial charge < -0.3 is 31.8 Å². The van der Waals surface area contributed by atoms with E-state index in [9.17, 15) is 4.79 Å². The summed E-state index contributed by atoms with van der Waals surface area (Å²) in [6.45, 7) is 3.76. The third-order valence-corrected chi connectivity index (χ3v) is 7.74. The van der Waals surface area contributed by atoms with Crippen molar-refractivity contribution in [3.8, 4) is 11.5 Å². The van der Waals surface area contributed by atoms with Crippen molar-refractivity contribution in [2.45, 2.75) is 103 Å². The zero-order valence-corrected chi connectivity index (χ0v) is 27.2. The molecule has 7 heteroatoms. The Morgan fingerprint density at radius 1 is 0.780 bits per heavy atom. The van der Waals surface area contributed by atoms with E-state index in [0.29, 0.717) is 12.4 Å². The van der Waals surface area contributed by atoms with E-state index in [2.05, 4.69) is 33.9 Å². The Morgan fingerprint density at radius 2 is 1.37 bits per heavy atom. The molecule has 226 valence electrons. The highest BCUT2D eigenvalue weighted by atomic mass is 79.9. The number of carbonyl (C=O) groups is 1. The number of hydrogen-bond donors (Lipinski definition) is 1. The molecule has 0 saturated heterocycles. The van der Waals surface area contributed by atoms with Gasteiger partial charge in [-0.15, -0.1) is 0 Å². The summed E-state index contributed by atoms with van der Waals surface area (Å²) in [5.41, 5.74) is 4.02. The second-order valence-electron chi connectivity index (χ2n) is 10.7. The van der Waals surface area contributed by atoms with Gasteiger partial charge in [0.05, 0.1) is 12.0 Å². The Labute approximate surface area is 262 Å². The van der Waals surface area contributed by atoms with Crippen LogP contribution < -0.4 is 36.3 Å². The quantitative estimate of drug-likeness (QED) is 0.108. The summed E-state index contributed by atoms with van der Waals surface area (Å²) in [5.74, 6) is 1.23. The van der Waals surface area contributed by atoms with Crippen molar-refractivity contribution >= 4 is 22.9 Å². The van der Waals surface area contributed by atoms with Gasteiger partial charge in [0.1, 0.15) is 11.5 Å². The summed E-state index contributed by atoms with van der Waals surface area (Å²) in [6.07, 6.45) is 21.0. The van der Waals surface area contributed by atoms with E-state index in [1.54, 1.807) is 11.3 Å². The first-order valence-electron chi connectivity index (χ1n) is 15.4. The third kappa shape index (κ3) is 16.0. The first-order chi connectivity index (χ1) is 19.7. The zero-order valence-electron chi connectivity index (χ0n) is 24.8. The molecule has 1 aromatic heterocycles. The molecule has 41 heavy (non-hydrogen) atoms. The number of rotatable bonds is 22. The van der Waals surface area contributed by atoms with Crippen LogP contribution in [0.2, 0.25) is 0 Å². The van der Waals surface area contributed by atoms with E-state index >= 15 is 0 Å². The second kappa shape index (κ2) is 22.2. The summed E-state index contributed by atoms with van der Waals surface area (Å²) in [7, 11) is 0. The molecule has 0 aliphatic rings. The number of benzene rings is 2. The maximum Gasteiger partial charge on any atom is 0.262 e. The second-order valence-corrected chi connectivity index (χ2v) is 11.4. The molecule has 5 nitrogen and oxygen atoms in total. The van der Waals surface area contributed by atoms with Gasteiger partial charge in [0.25, 0.3) is 5.91 Å². The molecule has 0 bridgehead atoms. The highest BCUT2D eigenvalue weighted by Crippen LogP contribution is 2.20. The Balaban J connectivity index is 0.00000588. The molecule has 0 radical (unpaired) electrons. The van der Waals surface area contributed by atoms with Crippen molar-refractivity contribution in [1.82, 2.24) is 0 Å². The predicted octanol–water partition coefficient (Wildman–Crippen LogP) is 5.97. The minimum Gasteiger partial charge on any atom is -1.00 e. The molecule has 1 heterocycles. The molecule has 3 aromatic rings. The maximum absolute atomic E-state index is 12.4. The van der Waals surface area contributed by atoms with Crippen LogP contribution in [0.15, 0.2) is 65.6 Å². The van der Waals surface area contributed by atoms with Crippen molar-refractivity contribution in [2.75, 3.05) is 18.5 Å². The molecule has 0 spiro atoms. The van der Waals surface area contributed by atoms with Gasteiger partial charge >= 0.3 is 0 Å². The average Bonchev–Trinajstić information content (AvgIpc) is 3.48. The van der Waals surface area contributed by atoms with Crippen LogP contribution in [0.1, 0.15) is 102 Å². The summed E-state index contributed by atoms with van der Waals surface area (Å²) in [5, 5.41) is 4.95. The molecule has 3 rings (SSSR count). The van der Waals surface area contributed by atoms with Crippen molar-refractivity contribution < 1.29 is 35.8 Å². The van der Waals surface area contributed by atoms with E-state index < -0.39 is 0 Å². The number of unbranched alkanes of at least 4 members (excludes halogenated alkanes) is 13. The van der Waals surface area contributed by atoms with Gasteiger partial charge in [-0.3, -0.25) is 4.79 Å². The Bertz CT molecular complexity index is 1060. The number of ether oxygens (including phenoxy) is 2. The number of amides is 1. The Hall–Kier alpha value is -2.38. The van der Waals surface area contributed by atoms with Crippen LogP contribution in [0.5, 0.6) is 11.5 Å². The summed E-state index contributed by atoms with van der Waals surface area (Å²) < 4.78 is 13.8. The van der Waals surface area contributed by atoms with Crippen LogP contribution in [0.3, 0.4) is 0 Å². The molecule has 2 aromatic carbocycles. The first kappa shape index (κ1) is 34.8. The summed E-state index contributed by atoms with van der Waals surface area (Å²) in [4.78, 5) is 12.4. The van der Waals surface area contributed by atoms with Crippen molar-refractivity contribution in [3.63, 3.8) is 0 Å². The highest BCUT2D eigenvalue weighted by molar-refractivity contribution is 7.07. The molecular weight excluding hydrogens is 596 g/mol. The monoisotopic (exact) mass is 644 g/mol. The fourth-order valence-corrected chi connectivity index (χ4v) is 5.34. The minimum absolute atomic E-state index is 0.